The van der Waals surface area contributed by atoms with Crippen molar-refractivity contribution in [2.75, 3.05) is 6.54 Å². The lowest BCUT2D eigenvalue weighted by Crippen LogP contribution is -2.60. The number of rotatable bonds is 4. The van der Waals surface area contributed by atoms with E-state index in [1.54, 1.807) is 17.0 Å². The van der Waals surface area contributed by atoms with Gasteiger partial charge in [0.1, 0.15) is 11.5 Å². The van der Waals surface area contributed by atoms with Gasteiger partial charge in [0.05, 0.1) is 18.2 Å². The Morgan fingerprint density at radius 1 is 1.16 bits per heavy atom. The van der Waals surface area contributed by atoms with E-state index in [0.29, 0.717) is 24.6 Å². The minimum absolute atomic E-state index is 0.0173. The van der Waals surface area contributed by atoms with Gasteiger partial charge in [0.15, 0.2) is 11.6 Å². The van der Waals surface area contributed by atoms with E-state index in [1.807, 2.05) is 36.6 Å². The molecule has 2 fully saturated rings. The summed E-state index contributed by atoms with van der Waals surface area (Å²) in [6.45, 7) is 4.58. The number of aromatic nitrogens is 4. The van der Waals surface area contributed by atoms with E-state index >= 15 is 0 Å². The van der Waals surface area contributed by atoms with E-state index in [1.165, 1.54) is 6.07 Å². The highest BCUT2D eigenvalue weighted by Gasteiger charge is 2.40. The molecule has 4 unspecified atom stereocenters. The van der Waals surface area contributed by atoms with Gasteiger partial charge in [0.2, 0.25) is 5.91 Å². The molecule has 1 saturated heterocycles. The Bertz CT molecular complexity index is 1390. The first kappa shape index (κ1) is 24.7. The molecule has 0 spiro atoms. The fourth-order valence-corrected chi connectivity index (χ4v) is 6.35. The predicted octanol–water partition coefficient (Wildman–Crippen LogP) is 3.36. The van der Waals surface area contributed by atoms with Gasteiger partial charge >= 0.3 is 0 Å². The molecule has 2 aliphatic heterocycles. The number of aryl methyl sites for hydroxylation is 1. The molecule has 1 saturated carbocycles. The van der Waals surface area contributed by atoms with Crippen molar-refractivity contribution in [2.24, 2.45) is 11.8 Å². The average Bonchev–Trinajstić information content (AvgIpc) is 3.36. The Hall–Kier alpha value is -3.66. The number of benzene rings is 1. The third-order valence-corrected chi connectivity index (χ3v) is 8.20. The van der Waals surface area contributed by atoms with Crippen molar-refractivity contribution in [3.05, 3.63) is 64.9 Å². The summed E-state index contributed by atoms with van der Waals surface area (Å²) >= 11 is 0. The molecule has 3 aliphatic rings. The van der Waals surface area contributed by atoms with Crippen molar-refractivity contribution in [2.45, 2.75) is 64.6 Å². The SMILES string of the molecule is Cc1cccc(-c2nnc3n2C(C)CN(C(=O)c2cc(CC4NNC(=O)C5CCCCC45)ccc2F)C3)n1. The zero-order valence-electron chi connectivity index (χ0n) is 21.7. The van der Waals surface area contributed by atoms with Gasteiger partial charge in [0, 0.05) is 24.2 Å². The van der Waals surface area contributed by atoms with E-state index in [4.69, 9.17) is 0 Å². The Morgan fingerprint density at radius 3 is 2.84 bits per heavy atom. The standard InChI is InChI=1S/C28H32FN7O2/c1-16-6-5-9-23(30-16)26-33-32-25-15-35(14-17(2)36(25)26)28(38)21-12-18(10-11-22(21)29)13-24-19-7-3-4-8-20(19)27(37)34-31-24/h5-6,9-12,17,19-20,24,31H,3-4,7-8,13-15H2,1-2H3,(H,34,37). The van der Waals surface area contributed by atoms with Gasteiger partial charge in [0.25, 0.3) is 5.91 Å². The monoisotopic (exact) mass is 517 g/mol. The molecule has 1 aliphatic carbocycles. The van der Waals surface area contributed by atoms with Crippen LogP contribution in [0.4, 0.5) is 4.39 Å². The van der Waals surface area contributed by atoms with Gasteiger partial charge < -0.3 is 9.47 Å². The summed E-state index contributed by atoms with van der Waals surface area (Å²) in [5, 5.41) is 8.71. The fraction of sp³-hybridized carbons (Fsp3) is 0.464. The van der Waals surface area contributed by atoms with Crippen LogP contribution in [0.5, 0.6) is 0 Å². The Labute approximate surface area is 220 Å². The average molecular weight is 518 g/mol. The third kappa shape index (κ3) is 4.47. The molecule has 4 heterocycles. The zero-order chi connectivity index (χ0) is 26.4. The van der Waals surface area contributed by atoms with Crippen LogP contribution in [-0.4, -0.2) is 49.0 Å². The molecule has 10 heteroatoms. The minimum atomic E-state index is -0.538. The maximum absolute atomic E-state index is 15.0. The van der Waals surface area contributed by atoms with Crippen LogP contribution in [0.2, 0.25) is 0 Å². The van der Waals surface area contributed by atoms with E-state index in [9.17, 15) is 14.0 Å². The van der Waals surface area contributed by atoms with Crippen molar-refractivity contribution in [3.63, 3.8) is 0 Å². The minimum Gasteiger partial charge on any atom is -0.329 e. The second-order valence-corrected chi connectivity index (χ2v) is 10.8. The van der Waals surface area contributed by atoms with E-state index in [-0.39, 0.29) is 47.8 Å². The maximum Gasteiger partial charge on any atom is 0.257 e. The lowest BCUT2D eigenvalue weighted by molar-refractivity contribution is -0.133. The molecule has 198 valence electrons. The van der Waals surface area contributed by atoms with Crippen molar-refractivity contribution < 1.29 is 14.0 Å². The number of fused-ring (bicyclic) bond motifs is 2. The molecule has 2 N–H and O–H groups in total. The summed E-state index contributed by atoms with van der Waals surface area (Å²) in [6.07, 6.45) is 4.69. The topological polar surface area (TPSA) is 105 Å². The number of amides is 2. The normalized spacial score (nSPS) is 24.9. The summed E-state index contributed by atoms with van der Waals surface area (Å²) in [5.74, 6) is 0.748. The summed E-state index contributed by atoms with van der Waals surface area (Å²) in [6, 6.07) is 10.5. The van der Waals surface area contributed by atoms with Gasteiger partial charge in [-0.3, -0.25) is 15.0 Å². The molecular formula is C28H32FN7O2. The molecule has 2 amide bonds. The lowest BCUT2D eigenvalue weighted by Gasteiger charge is -2.41. The van der Waals surface area contributed by atoms with Crippen LogP contribution in [-0.2, 0) is 17.8 Å². The number of nitrogens with zero attached hydrogens (tertiary/aromatic N) is 5. The zero-order valence-corrected chi connectivity index (χ0v) is 21.7. The number of nitrogens with one attached hydrogen (secondary N) is 2. The number of carbonyl (C=O) groups is 2. The number of hydrogen-bond donors (Lipinski definition) is 2. The smallest absolute Gasteiger partial charge is 0.257 e. The molecule has 4 atom stereocenters. The number of hydrazine groups is 1. The summed E-state index contributed by atoms with van der Waals surface area (Å²) < 4.78 is 17.0. The molecule has 6 rings (SSSR count). The quantitative estimate of drug-likeness (QED) is 0.550. The van der Waals surface area contributed by atoms with Crippen LogP contribution in [0, 0.1) is 24.6 Å². The van der Waals surface area contributed by atoms with Crippen molar-refractivity contribution in [3.8, 4) is 11.5 Å². The molecule has 9 nitrogen and oxygen atoms in total. The van der Waals surface area contributed by atoms with E-state index in [2.05, 4.69) is 26.0 Å². The first-order valence-corrected chi connectivity index (χ1v) is 13.4. The highest BCUT2D eigenvalue weighted by molar-refractivity contribution is 5.94. The highest BCUT2D eigenvalue weighted by atomic mass is 19.1. The molecule has 0 bridgehead atoms. The van der Waals surface area contributed by atoms with Crippen molar-refractivity contribution in [1.29, 1.82) is 0 Å². The van der Waals surface area contributed by atoms with Gasteiger partial charge in [-0.05, 0) is 68.9 Å². The Kier molecular flexibility index (Phi) is 6.43. The van der Waals surface area contributed by atoms with Gasteiger partial charge in [-0.15, -0.1) is 10.2 Å². The highest BCUT2D eigenvalue weighted by Crippen LogP contribution is 2.35. The second kappa shape index (κ2) is 9.90. The van der Waals surface area contributed by atoms with Crippen molar-refractivity contribution >= 4 is 11.8 Å². The number of carbonyl (C=O) groups excluding carboxylic acids is 2. The van der Waals surface area contributed by atoms with Gasteiger partial charge in [-0.1, -0.05) is 25.0 Å². The molecular weight excluding hydrogens is 485 g/mol. The van der Waals surface area contributed by atoms with Crippen LogP contribution >= 0.6 is 0 Å². The van der Waals surface area contributed by atoms with Gasteiger partial charge in [-0.25, -0.2) is 14.8 Å². The van der Waals surface area contributed by atoms with E-state index in [0.717, 1.165) is 42.6 Å². The lowest BCUT2D eigenvalue weighted by atomic mass is 9.72. The summed E-state index contributed by atoms with van der Waals surface area (Å²) in [5.41, 5.74) is 8.55. The molecule has 0 radical (unpaired) electrons. The number of hydrogen-bond acceptors (Lipinski definition) is 6. The van der Waals surface area contributed by atoms with Crippen molar-refractivity contribution in [1.82, 2.24) is 35.5 Å². The van der Waals surface area contributed by atoms with Gasteiger partial charge in [-0.2, -0.15) is 0 Å². The largest absolute Gasteiger partial charge is 0.329 e. The van der Waals surface area contributed by atoms with Crippen LogP contribution in [0.15, 0.2) is 36.4 Å². The maximum atomic E-state index is 15.0. The second-order valence-electron chi connectivity index (χ2n) is 10.8. The number of pyridine rings is 1. The van der Waals surface area contributed by atoms with E-state index < -0.39 is 5.82 Å². The summed E-state index contributed by atoms with van der Waals surface area (Å²) in [7, 11) is 0. The molecule has 38 heavy (non-hydrogen) atoms. The molecule has 2 aromatic heterocycles. The Balaban J connectivity index is 1.21. The number of halogens is 1. The molecule has 3 aromatic rings. The predicted molar refractivity (Wildman–Crippen MR) is 138 cm³/mol. The first-order valence-electron chi connectivity index (χ1n) is 13.4. The van der Waals surface area contributed by atoms with Crippen LogP contribution < -0.4 is 10.9 Å². The molecule has 1 aromatic carbocycles. The van der Waals surface area contributed by atoms with Crippen LogP contribution in [0.3, 0.4) is 0 Å². The van der Waals surface area contributed by atoms with Crippen LogP contribution in [0.25, 0.3) is 11.5 Å². The summed E-state index contributed by atoms with van der Waals surface area (Å²) in [4.78, 5) is 32.1. The fourth-order valence-electron chi connectivity index (χ4n) is 6.35. The first-order chi connectivity index (χ1) is 18.4. The van der Waals surface area contributed by atoms with Crippen LogP contribution in [0.1, 0.15) is 66.1 Å². The Morgan fingerprint density at radius 2 is 2.00 bits per heavy atom. The third-order valence-electron chi connectivity index (χ3n) is 8.20.